The Hall–Kier alpha value is -1.09. The molecule has 1 fully saturated rings. The van der Waals surface area contributed by atoms with Gasteiger partial charge < -0.3 is 9.84 Å². The van der Waals surface area contributed by atoms with Crippen LogP contribution in [0.15, 0.2) is 18.2 Å². The number of benzene rings is 1. The topological polar surface area (TPSA) is 29.5 Å². The van der Waals surface area contributed by atoms with E-state index in [4.69, 9.17) is 4.74 Å². The molecule has 0 amide bonds. The second kappa shape index (κ2) is 6.19. The summed E-state index contributed by atoms with van der Waals surface area (Å²) in [5.41, 5.74) is 0.319. The predicted molar refractivity (Wildman–Crippen MR) is 69.1 cm³/mol. The molecule has 18 heavy (non-hydrogen) atoms. The number of hydrogen-bond donors (Lipinski definition) is 1. The van der Waals surface area contributed by atoms with E-state index in [1.807, 2.05) is 0 Å². The molecule has 2 rings (SSSR count). The summed E-state index contributed by atoms with van der Waals surface area (Å²) in [6.45, 7) is 2.23. The molecule has 1 aliphatic carbocycles. The number of halogens is 1. The monoisotopic (exact) mass is 252 g/mol. The fourth-order valence-electron chi connectivity index (χ4n) is 2.50. The Morgan fingerprint density at radius 3 is 2.67 bits per heavy atom. The smallest absolute Gasteiger partial charge is 0.132 e. The Morgan fingerprint density at radius 2 is 2.06 bits per heavy atom. The quantitative estimate of drug-likeness (QED) is 0.882. The van der Waals surface area contributed by atoms with E-state index in [1.165, 1.54) is 38.2 Å². The first-order chi connectivity index (χ1) is 8.66. The van der Waals surface area contributed by atoms with Gasteiger partial charge in [0.15, 0.2) is 0 Å². The van der Waals surface area contributed by atoms with Crippen LogP contribution in [0.1, 0.15) is 50.7 Å². The van der Waals surface area contributed by atoms with Crippen molar-refractivity contribution in [2.75, 3.05) is 6.61 Å². The van der Waals surface area contributed by atoms with Crippen LogP contribution in [0.25, 0.3) is 0 Å². The average Bonchev–Trinajstić information content (AvgIpc) is 2.37. The van der Waals surface area contributed by atoms with Crippen LogP contribution in [0.2, 0.25) is 0 Å². The maximum atomic E-state index is 13.6. The molecule has 0 aromatic heterocycles. The van der Waals surface area contributed by atoms with Gasteiger partial charge in [0.1, 0.15) is 11.6 Å². The zero-order valence-corrected chi connectivity index (χ0v) is 10.9. The van der Waals surface area contributed by atoms with E-state index >= 15 is 0 Å². The highest BCUT2D eigenvalue weighted by Gasteiger charge is 2.15. The molecule has 0 radical (unpaired) electrons. The molecule has 0 bridgehead atoms. The molecule has 3 heteroatoms. The lowest BCUT2D eigenvalue weighted by atomic mass is 9.90. The second-order valence-electron chi connectivity index (χ2n) is 5.17. The second-order valence-corrected chi connectivity index (χ2v) is 5.17. The van der Waals surface area contributed by atoms with Crippen LogP contribution in [0.3, 0.4) is 0 Å². The van der Waals surface area contributed by atoms with E-state index in [1.54, 1.807) is 19.1 Å². The molecule has 1 aliphatic rings. The van der Waals surface area contributed by atoms with Gasteiger partial charge in [-0.05, 0) is 37.8 Å². The third-order valence-electron chi connectivity index (χ3n) is 3.63. The van der Waals surface area contributed by atoms with Gasteiger partial charge in [0.25, 0.3) is 0 Å². The molecule has 0 unspecified atom stereocenters. The molecule has 1 atom stereocenters. The highest BCUT2D eigenvalue weighted by Crippen LogP contribution is 2.26. The first-order valence-corrected chi connectivity index (χ1v) is 6.77. The highest BCUT2D eigenvalue weighted by atomic mass is 19.1. The summed E-state index contributed by atoms with van der Waals surface area (Å²) in [7, 11) is 0. The minimum absolute atomic E-state index is 0.319. The van der Waals surface area contributed by atoms with E-state index < -0.39 is 11.9 Å². The SMILES string of the molecule is C[C@@H](O)c1ccc(OCC2CCCCC2)cc1F. The lowest BCUT2D eigenvalue weighted by Gasteiger charge is -2.21. The maximum absolute atomic E-state index is 13.6. The Bertz CT molecular complexity index is 384. The van der Waals surface area contributed by atoms with Gasteiger partial charge in [-0.25, -0.2) is 4.39 Å². The summed E-state index contributed by atoms with van der Waals surface area (Å²) in [6, 6.07) is 4.69. The van der Waals surface area contributed by atoms with Gasteiger partial charge in [-0.3, -0.25) is 0 Å². The number of ether oxygens (including phenoxy) is 1. The zero-order valence-electron chi connectivity index (χ0n) is 10.9. The van der Waals surface area contributed by atoms with Crippen LogP contribution in [0.4, 0.5) is 4.39 Å². The van der Waals surface area contributed by atoms with Crippen molar-refractivity contribution in [1.82, 2.24) is 0 Å². The van der Waals surface area contributed by atoms with Gasteiger partial charge in [0.2, 0.25) is 0 Å². The summed E-state index contributed by atoms with van der Waals surface area (Å²) >= 11 is 0. The predicted octanol–water partition coefficient (Wildman–Crippen LogP) is 3.84. The van der Waals surface area contributed by atoms with Gasteiger partial charge in [-0.2, -0.15) is 0 Å². The minimum atomic E-state index is -0.780. The number of aliphatic hydroxyl groups is 1. The van der Waals surface area contributed by atoms with Crippen molar-refractivity contribution in [1.29, 1.82) is 0 Å². The Morgan fingerprint density at radius 1 is 1.33 bits per heavy atom. The van der Waals surface area contributed by atoms with Gasteiger partial charge in [-0.15, -0.1) is 0 Å². The largest absolute Gasteiger partial charge is 0.493 e. The molecule has 1 N–H and O–H groups in total. The van der Waals surface area contributed by atoms with Gasteiger partial charge in [-0.1, -0.05) is 19.3 Å². The third-order valence-corrected chi connectivity index (χ3v) is 3.63. The molecule has 0 saturated heterocycles. The molecule has 0 spiro atoms. The Balaban J connectivity index is 1.91. The van der Waals surface area contributed by atoms with Crippen LogP contribution in [0, 0.1) is 11.7 Å². The molecule has 1 aromatic carbocycles. The number of rotatable bonds is 4. The van der Waals surface area contributed by atoms with E-state index in [0.717, 1.165) is 0 Å². The van der Waals surface area contributed by atoms with Crippen molar-refractivity contribution in [3.63, 3.8) is 0 Å². The molecule has 2 nitrogen and oxygen atoms in total. The van der Waals surface area contributed by atoms with E-state index in [2.05, 4.69) is 0 Å². The summed E-state index contributed by atoms with van der Waals surface area (Å²) < 4.78 is 19.3. The van der Waals surface area contributed by atoms with Crippen molar-refractivity contribution in [2.24, 2.45) is 5.92 Å². The molecular formula is C15H21FO2. The fourth-order valence-corrected chi connectivity index (χ4v) is 2.50. The van der Waals surface area contributed by atoms with E-state index in [-0.39, 0.29) is 0 Å². The van der Waals surface area contributed by atoms with Gasteiger partial charge in [0, 0.05) is 11.6 Å². The van der Waals surface area contributed by atoms with Crippen LogP contribution in [0.5, 0.6) is 5.75 Å². The zero-order chi connectivity index (χ0) is 13.0. The molecular weight excluding hydrogens is 231 g/mol. The van der Waals surface area contributed by atoms with Crippen LogP contribution in [-0.2, 0) is 0 Å². The summed E-state index contributed by atoms with van der Waals surface area (Å²) in [4.78, 5) is 0. The number of hydrogen-bond acceptors (Lipinski definition) is 2. The molecule has 1 aromatic rings. The van der Waals surface area contributed by atoms with Gasteiger partial charge in [0.05, 0.1) is 12.7 Å². The van der Waals surface area contributed by atoms with E-state index in [0.29, 0.717) is 23.8 Å². The maximum Gasteiger partial charge on any atom is 0.132 e. The Labute approximate surface area is 108 Å². The van der Waals surface area contributed by atoms with Crippen molar-refractivity contribution in [2.45, 2.75) is 45.1 Å². The highest BCUT2D eigenvalue weighted by molar-refractivity contribution is 5.30. The van der Waals surface area contributed by atoms with Crippen LogP contribution >= 0.6 is 0 Å². The van der Waals surface area contributed by atoms with Crippen molar-refractivity contribution in [3.05, 3.63) is 29.6 Å². The fraction of sp³-hybridized carbons (Fsp3) is 0.600. The first-order valence-electron chi connectivity index (χ1n) is 6.77. The molecule has 1 saturated carbocycles. The van der Waals surface area contributed by atoms with Crippen LogP contribution < -0.4 is 4.74 Å². The number of aliphatic hydroxyl groups excluding tert-OH is 1. The molecule has 0 aliphatic heterocycles. The first kappa shape index (κ1) is 13.3. The minimum Gasteiger partial charge on any atom is -0.493 e. The summed E-state index contributed by atoms with van der Waals surface area (Å²) in [5, 5.41) is 9.35. The van der Waals surface area contributed by atoms with Crippen LogP contribution in [-0.4, -0.2) is 11.7 Å². The van der Waals surface area contributed by atoms with E-state index in [9.17, 15) is 9.50 Å². The Kier molecular flexibility index (Phi) is 4.59. The lowest BCUT2D eigenvalue weighted by Crippen LogP contribution is -2.15. The summed E-state index contributed by atoms with van der Waals surface area (Å²) in [5.74, 6) is 0.770. The van der Waals surface area contributed by atoms with Gasteiger partial charge >= 0.3 is 0 Å². The lowest BCUT2D eigenvalue weighted by molar-refractivity contribution is 0.192. The molecule has 100 valence electrons. The van der Waals surface area contributed by atoms with Crippen molar-refractivity contribution in [3.8, 4) is 5.75 Å². The standard InChI is InChI=1S/C15H21FO2/c1-11(17)14-8-7-13(9-15(14)16)18-10-12-5-3-2-4-6-12/h7-9,11-12,17H,2-6,10H2,1H3/t11-/m1/s1. The normalized spacial score (nSPS) is 18.6. The molecule has 0 heterocycles. The summed E-state index contributed by atoms with van der Waals surface area (Å²) in [6.07, 6.45) is 5.54. The average molecular weight is 252 g/mol. The van der Waals surface area contributed by atoms with Crippen molar-refractivity contribution >= 4 is 0 Å². The third kappa shape index (κ3) is 3.45. The van der Waals surface area contributed by atoms with Crippen molar-refractivity contribution < 1.29 is 14.2 Å².